The van der Waals surface area contributed by atoms with Crippen molar-refractivity contribution in [1.82, 2.24) is 15.1 Å². The lowest BCUT2D eigenvalue weighted by atomic mass is 9.95. The van der Waals surface area contributed by atoms with Crippen LogP contribution in [-0.4, -0.2) is 61.2 Å². The third kappa shape index (κ3) is 2.92. The van der Waals surface area contributed by atoms with E-state index in [1.165, 1.54) is 0 Å². The van der Waals surface area contributed by atoms with Crippen molar-refractivity contribution >= 4 is 0 Å². The molecule has 0 bridgehead atoms. The number of likely N-dealkylation sites (N-methyl/N-ethyl adjacent to an activating group) is 2. The van der Waals surface area contributed by atoms with Crippen LogP contribution in [0.5, 0.6) is 0 Å². The number of nitrogens with zero attached hydrogens (tertiary/aromatic N) is 2. The summed E-state index contributed by atoms with van der Waals surface area (Å²) in [6.07, 6.45) is 0. The van der Waals surface area contributed by atoms with Crippen LogP contribution < -0.4 is 5.32 Å². The van der Waals surface area contributed by atoms with E-state index in [0.717, 1.165) is 19.6 Å². The Morgan fingerprint density at radius 1 is 1.40 bits per heavy atom. The Kier molecular flexibility index (Phi) is 4.15. The van der Waals surface area contributed by atoms with Gasteiger partial charge in [-0.05, 0) is 41.8 Å². The number of rotatable bonds is 3. The van der Waals surface area contributed by atoms with Crippen molar-refractivity contribution in [2.45, 2.75) is 45.3 Å². The van der Waals surface area contributed by atoms with Gasteiger partial charge in [0.15, 0.2) is 0 Å². The molecule has 0 radical (unpaired) electrons. The number of nitrogens with one attached hydrogen (secondary N) is 1. The molecular weight excluding hydrogens is 186 g/mol. The highest BCUT2D eigenvalue weighted by Gasteiger charge is 2.37. The minimum Gasteiger partial charge on any atom is -0.318 e. The van der Waals surface area contributed by atoms with Gasteiger partial charge >= 0.3 is 0 Å². The predicted molar refractivity (Wildman–Crippen MR) is 66.3 cm³/mol. The van der Waals surface area contributed by atoms with Crippen molar-refractivity contribution in [3.05, 3.63) is 0 Å². The molecule has 3 nitrogen and oxygen atoms in total. The minimum absolute atomic E-state index is 0.300. The summed E-state index contributed by atoms with van der Waals surface area (Å²) in [6, 6.07) is 1.28. The molecular formula is C12H27N3. The second-order valence-corrected chi connectivity index (χ2v) is 5.67. The highest BCUT2D eigenvalue weighted by Crippen LogP contribution is 2.24. The molecule has 0 aromatic heterocycles. The maximum absolute atomic E-state index is 3.30. The summed E-state index contributed by atoms with van der Waals surface area (Å²) in [5.41, 5.74) is 0.300. The third-order valence-corrected chi connectivity index (χ3v) is 3.66. The molecule has 1 unspecified atom stereocenters. The Labute approximate surface area is 94.8 Å². The van der Waals surface area contributed by atoms with E-state index in [1.807, 2.05) is 7.05 Å². The van der Waals surface area contributed by atoms with Crippen molar-refractivity contribution in [1.29, 1.82) is 0 Å². The summed E-state index contributed by atoms with van der Waals surface area (Å²) in [7, 11) is 4.28. The van der Waals surface area contributed by atoms with Gasteiger partial charge in [-0.25, -0.2) is 0 Å². The van der Waals surface area contributed by atoms with Gasteiger partial charge in [0.1, 0.15) is 0 Å². The molecule has 0 spiro atoms. The molecule has 1 N–H and O–H groups in total. The molecule has 1 aliphatic heterocycles. The molecule has 3 heteroatoms. The smallest absolute Gasteiger partial charge is 0.0351 e. The Morgan fingerprint density at radius 3 is 2.47 bits per heavy atom. The SMILES string of the molecule is CNCC1CN(C)C(C)(C)CN1C(C)C. The molecule has 1 atom stereocenters. The Hall–Kier alpha value is -0.120. The molecule has 1 fully saturated rings. The lowest BCUT2D eigenvalue weighted by Crippen LogP contribution is -2.65. The fourth-order valence-electron chi connectivity index (χ4n) is 2.39. The van der Waals surface area contributed by atoms with Crippen molar-refractivity contribution in [3.8, 4) is 0 Å². The minimum atomic E-state index is 0.300. The molecule has 0 aromatic carbocycles. The molecule has 1 rings (SSSR count). The first kappa shape index (κ1) is 12.9. The summed E-state index contributed by atoms with van der Waals surface area (Å²) in [5, 5.41) is 3.30. The van der Waals surface area contributed by atoms with Crippen LogP contribution in [0.2, 0.25) is 0 Å². The fraction of sp³-hybridized carbons (Fsp3) is 1.00. The average molecular weight is 213 g/mol. The van der Waals surface area contributed by atoms with Crippen molar-refractivity contribution < 1.29 is 0 Å². The van der Waals surface area contributed by atoms with E-state index in [2.05, 4.69) is 49.9 Å². The van der Waals surface area contributed by atoms with Crippen LogP contribution in [0, 0.1) is 0 Å². The highest BCUT2D eigenvalue weighted by atomic mass is 15.3. The monoisotopic (exact) mass is 213 g/mol. The van der Waals surface area contributed by atoms with Gasteiger partial charge in [0.25, 0.3) is 0 Å². The van der Waals surface area contributed by atoms with E-state index in [0.29, 0.717) is 17.6 Å². The molecule has 0 amide bonds. The zero-order chi connectivity index (χ0) is 11.6. The Bertz CT molecular complexity index is 201. The van der Waals surface area contributed by atoms with E-state index in [1.54, 1.807) is 0 Å². The summed E-state index contributed by atoms with van der Waals surface area (Å²) >= 11 is 0. The van der Waals surface area contributed by atoms with E-state index in [9.17, 15) is 0 Å². The molecule has 0 aromatic rings. The first-order valence-corrected chi connectivity index (χ1v) is 6.00. The van der Waals surface area contributed by atoms with Crippen LogP contribution in [0.3, 0.4) is 0 Å². The van der Waals surface area contributed by atoms with Gasteiger partial charge in [0.2, 0.25) is 0 Å². The second-order valence-electron chi connectivity index (χ2n) is 5.67. The standard InChI is InChI=1S/C12H27N3/c1-10(2)15-9-12(3,4)14(6)8-11(15)7-13-5/h10-11,13H,7-9H2,1-6H3. The van der Waals surface area contributed by atoms with Crippen molar-refractivity contribution in [2.24, 2.45) is 0 Å². The van der Waals surface area contributed by atoms with Gasteiger partial charge in [0, 0.05) is 37.3 Å². The van der Waals surface area contributed by atoms with Crippen LogP contribution in [0.1, 0.15) is 27.7 Å². The molecule has 1 aliphatic rings. The summed E-state index contributed by atoms with van der Waals surface area (Å²) in [5.74, 6) is 0. The van der Waals surface area contributed by atoms with Crippen molar-refractivity contribution in [2.75, 3.05) is 33.7 Å². The summed E-state index contributed by atoms with van der Waals surface area (Å²) in [6.45, 7) is 12.7. The first-order valence-electron chi connectivity index (χ1n) is 6.00. The quantitative estimate of drug-likeness (QED) is 0.755. The zero-order valence-electron chi connectivity index (χ0n) is 11.2. The second kappa shape index (κ2) is 4.81. The average Bonchev–Trinajstić information content (AvgIpc) is 2.11. The van der Waals surface area contributed by atoms with Gasteiger partial charge in [0.05, 0.1) is 0 Å². The molecule has 1 heterocycles. The van der Waals surface area contributed by atoms with Crippen molar-refractivity contribution in [3.63, 3.8) is 0 Å². The normalized spacial score (nSPS) is 28.6. The molecule has 90 valence electrons. The lowest BCUT2D eigenvalue weighted by molar-refractivity contribution is -0.0163. The van der Waals surface area contributed by atoms with Gasteiger partial charge in [-0.3, -0.25) is 9.80 Å². The summed E-state index contributed by atoms with van der Waals surface area (Å²) in [4.78, 5) is 5.10. The Balaban J connectivity index is 2.72. The maximum atomic E-state index is 3.30. The van der Waals surface area contributed by atoms with Gasteiger partial charge in [-0.2, -0.15) is 0 Å². The molecule has 1 saturated heterocycles. The largest absolute Gasteiger partial charge is 0.318 e. The third-order valence-electron chi connectivity index (χ3n) is 3.66. The fourth-order valence-corrected chi connectivity index (χ4v) is 2.39. The van der Waals surface area contributed by atoms with Crippen LogP contribution in [0.15, 0.2) is 0 Å². The van der Waals surface area contributed by atoms with Gasteiger partial charge in [-0.1, -0.05) is 0 Å². The Morgan fingerprint density at radius 2 is 2.00 bits per heavy atom. The zero-order valence-corrected chi connectivity index (χ0v) is 11.2. The van der Waals surface area contributed by atoms with E-state index < -0.39 is 0 Å². The first-order chi connectivity index (χ1) is 6.88. The number of piperazine rings is 1. The molecule has 15 heavy (non-hydrogen) atoms. The van der Waals surface area contributed by atoms with Crippen LogP contribution in [0.25, 0.3) is 0 Å². The van der Waals surface area contributed by atoms with E-state index in [4.69, 9.17) is 0 Å². The number of hydrogen-bond acceptors (Lipinski definition) is 3. The maximum Gasteiger partial charge on any atom is 0.0351 e. The van der Waals surface area contributed by atoms with Crippen LogP contribution in [0.4, 0.5) is 0 Å². The summed E-state index contributed by atoms with van der Waals surface area (Å²) < 4.78 is 0. The lowest BCUT2D eigenvalue weighted by Gasteiger charge is -2.51. The highest BCUT2D eigenvalue weighted by molar-refractivity contribution is 4.95. The van der Waals surface area contributed by atoms with Gasteiger partial charge in [-0.15, -0.1) is 0 Å². The van der Waals surface area contributed by atoms with Crippen LogP contribution >= 0.6 is 0 Å². The topological polar surface area (TPSA) is 18.5 Å². The molecule has 0 aliphatic carbocycles. The van der Waals surface area contributed by atoms with Gasteiger partial charge < -0.3 is 5.32 Å². The van der Waals surface area contributed by atoms with Crippen LogP contribution in [-0.2, 0) is 0 Å². The van der Waals surface area contributed by atoms with E-state index >= 15 is 0 Å². The molecule has 0 saturated carbocycles. The van der Waals surface area contributed by atoms with E-state index in [-0.39, 0.29) is 0 Å². The predicted octanol–water partition coefficient (Wildman–Crippen LogP) is 1.01. The number of hydrogen-bond donors (Lipinski definition) is 1.